The van der Waals surface area contributed by atoms with Gasteiger partial charge in [-0.2, -0.15) is 0 Å². The first-order valence-corrected chi connectivity index (χ1v) is 8.78. The third-order valence-corrected chi connectivity index (χ3v) is 4.64. The first-order valence-electron chi connectivity index (χ1n) is 8.78. The quantitative estimate of drug-likeness (QED) is 0.569. The van der Waals surface area contributed by atoms with E-state index < -0.39 is 0 Å². The summed E-state index contributed by atoms with van der Waals surface area (Å²) >= 11 is 0. The zero-order valence-corrected chi connectivity index (χ0v) is 14.3. The van der Waals surface area contributed by atoms with Crippen LogP contribution in [0.1, 0.15) is 41.1 Å². The van der Waals surface area contributed by atoms with Crippen molar-refractivity contribution in [2.45, 2.75) is 25.2 Å². The minimum absolute atomic E-state index is 0.113. The maximum absolute atomic E-state index is 12.1. The van der Waals surface area contributed by atoms with E-state index in [0.29, 0.717) is 12.0 Å². The Hall–Kier alpha value is -2.62. The van der Waals surface area contributed by atoms with Gasteiger partial charge in [0.15, 0.2) is 0 Å². The predicted octanol–water partition coefficient (Wildman–Crippen LogP) is 3.82. The van der Waals surface area contributed by atoms with Crippen LogP contribution in [0.2, 0.25) is 0 Å². The molecule has 0 aliphatic carbocycles. The molecule has 1 saturated heterocycles. The largest absolute Gasteiger partial charge is 0.461 e. The van der Waals surface area contributed by atoms with Gasteiger partial charge in [-0.25, -0.2) is 4.79 Å². The predicted molar refractivity (Wildman–Crippen MR) is 98.0 cm³/mol. The number of ether oxygens (including phenoxy) is 1. The summed E-state index contributed by atoms with van der Waals surface area (Å²) in [6, 6.07) is 17.2. The van der Waals surface area contributed by atoms with Gasteiger partial charge in [0.25, 0.3) is 0 Å². The van der Waals surface area contributed by atoms with Gasteiger partial charge in [-0.3, -0.25) is 0 Å². The highest BCUT2D eigenvalue weighted by molar-refractivity contribution is 5.89. The lowest BCUT2D eigenvalue weighted by Crippen LogP contribution is -2.18. The highest BCUT2D eigenvalue weighted by Crippen LogP contribution is 2.25. The molecule has 25 heavy (non-hydrogen) atoms. The maximum Gasteiger partial charge on any atom is 0.338 e. The number of carbonyl (C=O) groups is 2. The van der Waals surface area contributed by atoms with Crippen LogP contribution in [-0.4, -0.2) is 32.0 Å². The van der Waals surface area contributed by atoms with Gasteiger partial charge in [0.05, 0.1) is 12.2 Å². The fourth-order valence-corrected chi connectivity index (χ4v) is 3.18. The lowest BCUT2D eigenvalue weighted by Gasteiger charge is -2.20. The van der Waals surface area contributed by atoms with E-state index in [1.54, 1.807) is 24.3 Å². The van der Waals surface area contributed by atoms with Gasteiger partial charge in [-0.05, 0) is 42.7 Å². The molecule has 0 amide bonds. The smallest absolute Gasteiger partial charge is 0.338 e. The van der Waals surface area contributed by atoms with E-state index in [2.05, 4.69) is 17.0 Å². The first kappa shape index (κ1) is 17.2. The van der Waals surface area contributed by atoms with E-state index in [-0.39, 0.29) is 18.5 Å². The maximum atomic E-state index is 12.1. The van der Waals surface area contributed by atoms with Gasteiger partial charge >= 0.3 is 5.97 Å². The number of carbonyl (C=O) groups excluding carboxylic acids is 2. The topological polar surface area (TPSA) is 46.6 Å². The van der Waals surface area contributed by atoms with E-state index in [4.69, 9.17) is 4.74 Å². The zero-order valence-electron chi connectivity index (χ0n) is 14.3. The lowest BCUT2D eigenvalue weighted by molar-refractivity contribution is -0.108. The van der Waals surface area contributed by atoms with Crippen molar-refractivity contribution in [3.63, 3.8) is 0 Å². The lowest BCUT2D eigenvalue weighted by atomic mass is 9.97. The standard InChI is InChI=1S/C21H23NO3/c23-15-12-19(16-25-21(24)18-6-2-1-3-7-18)17-8-10-20(11-9-17)22-13-4-5-14-22/h1-3,6-11,15,19H,4-5,12-14,16H2/t19-/m0/s1. The number of aldehydes is 1. The molecule has 1 aliphatic rings. The summed E-state index contributed by atoms with van der Waals surface area (Å²) in [7, 11) is 0. The number of esters is 1. The molecule has 0 unspecified atom stereocenters. The van der Waals surface area contributed by atoms with Gasteiger partial charge in [0.1, 0.15) is 6.29 Å². The van der Waals surface area contributed by atoms with Crippen molar-refractivity contribution in [1.82, 2.24) is 0 Å². The Labute approximate surface area is 148 Å². The molecule has 1 aliphatic heterocycles. The molecule has 1 fully saturated rings. The second-order valence-corrected chi connectivity index (χ2v) is 6.35. The van der Waals surface area contributed by atoms with Gasteiger partial charge in [0.2, 0.25) is 0 Å². The van der Waals surface area contributed by atoms with Crippen molar-refractivity contribution in [3.05, 3.63) is 65.7 Å². The Kier molecular flexibility index (Phi) is 5.83. The molecule has 1 heterocycles. The Morgan fingerprint density at radius 1 is 1.04 bits per heavy atom. The summed E-state index contributed by atoms with van der Waals surface area (Å²) < 4.78 is 5.42. The second kappa shape index (κ2) is 8.47. The van der Waals surface area contributed by atoms with Crippen molar-refractivity contribution in [3.8, 4) is 0 Å². The summed E-state index contributed by atoms with van der Waals surface area (Å²) in [4.78, 5) is 25.5. The molecule has 130 valence electrons. The van der Waals surface area contributed by atoms with Crippen molar-refractivity contribution in [1.29, 1.82) is 0 Å². The van der Waals surface area contributed by atoms with Crippen LogP contribution in [0.5, 0.6) is 0 Å². The number of nitrogens with zero attached hydrogens (tertiary/aromatic N) is 1. The molecule has 0 bridgehead atoms. The van der Waals surface area contributed by atoms with Crippen molar-refractivity contribution in [2.24, 2.45) is 0 Å². The van der Waals surface area contributed by atoms with Crippen molar-refractivity contribution >= 4 is 17.9 Å². The molecule has 3 rings (SSSR count). The number of hydrogen-bond acceptors (Lipinski definition) is 4. The summed E-state index contributed by atoms with van der Waals surface area (Å²) in [5.74, 6) is -0.469. The molecule has 0 aromatic heterocycles. The molecule has 2 aromatic carbocycles. The van der Waals surface area contributed by atoms with Crippen LogP contribution < -0.4 is 4.90 Å². The molecule has 0 radical (unpaired) electrons. The number of benzene rings is 2. The molecule has 0 N–H and O–H groups in total. The van der Waals surface area contributed by atoms with Gasteiger partial charge in [-0.1, -0.05) is 30.3 Å². The van der Waals surface area contributed by atoms with Crippen LogP contribution in [0.4, 0.5) is 5.69 Å². The summed E-state index contributed by atoms with van der Waals surface area (Å²) in [5, 5.41) is 0. The van der Waals surface area contributed by atoms with Crippen LogP contribution in [0, 0.1) is 0 Å². The highest BCUT2D eigenvalue weighted by Gasteiger charge is 2.17. The Morgan fingerprint density at radius 3 is 2.36 bits per heavy atom. The summed E-state index contributed by atoms with van der Waals surface area (Å²) in [6.45, 7) is 2.41. The summed E-state index contributed by atoms with van der Waals surface area (Å²) in [6.07, 6.45) is 3.70. The van der Waals surface area contributed by atoms with Crippen LogP contribution >= 0.6 is 0 Å². The normalized spacial score (nSPS) is 15.0. The molecular formula is C21H23NO3. The minimum atomic E-state index is -0.356. The second-order valence-electron chi connectivity index (χ2n) is 6.35. The Morgan fingerprint density at radius 2 is 1.72 bits per heavy atom. The molecule has 4 heteroatoms. The average molecular weight is 337 g/mol. The Balaban J connectivity index is 1.64. The van der Waals surface area contributed by atoms with E-state index in [1.165, 1.54) is 18.5 Å². The fraction of sp³-hybridized carbons (Fsp3) is 0.333. The average Bonchev–Trinajstić information content (AvgIpc) is 3.20. The molecule has 4 nitrogen and oxygen atoms in total. The van der Waals surface area contributed by atoms with E-state index >= 15 is 0 Å². The molecule has 0 saturated carbocycles. The highest BCUT2D eigenvalue weighted by atomic mass is 16.5. The van der Waals surface area contributed by atoms with E-state index in [1.807, 2.05) is 18.2 Å². The van der Waals surface area contributed by atoms with Crippen molar-refractivity contribution in [2.75, 3.05) is 24.6 Å². The first-order chi connectivity index (χ1) is 12.3. The van der Waals surface area contributed by atoms with Gasteiger partial charge < -0.3 is 14.4 Å². The number of rotatable bonds is 7. The molecular weight excluding hydrogens is 314 g/mol. The summed E-state index contributed by atoms with van der Waals surface area (Å²) in [5.41, 5.74) is 2.76. The minimum Gasteiger partial charge on any atom is -0.461 e. The van der Waals surface area contributed by atoms with Crippen LogP contribution in [-0.2, 0) is 9.53 Å². The van der Waals surface area contributed by atoms with E-state index in [9.17, 15) is 9.59 Å². The van der Waals surface area contributed by atoms with Gasteiger partial charge in [0, 0.05) is 31.1 Å². The monoisotopic (exact) mass is 337 g/mol. The molecule has 1 atom stereocenters. The number of hydrogen-bond donors (Lipinski definition) is 0. The van der Waals surface area contributed by atoms with Crippen LogP contribution in [0.15, 0.2) is 54.6 Å². The Bertz CT molecular complexity index is 691. The van der Waals surface area contributed by atoms with Crippen molar-refractivity contribution < 1.29 is 14.3 Å². The molecule has 0 spiro atoms. The fourth-order valence-electron chi connectivity index (χ4n) is 3.18. The third-order valence-electron chi connectivity index (χ3n) is 4.64. The zero-order chi connectivity index (χ0) is 17.5. The number of anilines is 1. The molecule has 2 aromatic rings. The van der Waals surface area contributed by atoms with Crippen LogP contribution in [0.25, 0.3) is 0 Å². The van der Waals surface area contributed by atoms with Crippen LogP contribution in [0.3, 0.4) is 0 Å². The van der Waals surface area contributed by atoms with E-state index in [0.717, 1.165) is 24.9 Å². The SMILES string of the molecule is O=CC[C@@H](COC(=O)c1ccccc1)c1ccc(N2CCCC2)cc1. The third kappa shape index (κ3) is 4.47. The van der Waals surface area contributed by atoms with Gasteiger partial charge in [-0.15, -0.1) is 0 Å².